The first-order chi connectivity index (χ1) is 17.9. The molecule has 3 aromatic rings. The van der Waals surface area contributed by atoms with E-state index in [-0.39, 0.29) is 18.9 Å². The maximum Gasteiger partial charge on any atom is 0.338 e. The zero-order valence-electron chi connectivity index (χ0n) is 20.2. The summed E-state index contributed by atoms with van der Waals surface area (Å²) in [5.41, 5.74) is -0.185. The van der Waals surface area contributed by atoms with Gasteiger partial charge in [-0.1, -0.05) is 48.5 Å². The molecule has 11 heteroatoms. The van der Waals surface area contributed by atoms with Crippen molar-refractivity contribution in [3.05, 3.63) is 105 Å². The van der Waals surface area contributed by atoms with Crippen LogP contribution in [0.25, 0.3) is 0 Å². The van der Waals surface area contributed by atoms with Gasteiger partial charge in [0.2, 0.25) is 6.29 Å². The van der Waals surface area contributed by atoms with Crippen molar-refractivity contribution < 1.29 is 33.3 Å². The number of hydrogen-bond acceptors (Lipinski definition) is 9. The number of rotatable bonds is 9. The summed E-state index contributed by atoms with van der Waals surface area (Å²) in [6, 6.07) is 18.7. The van der Waals surface area contributed by atoms with Gasteiger partial charge in [-0.25, -0.2) is 14.2 Å². The van der Waals surface area contributed by atoms with Crippen molar-refractivity contribution in [1.29, 1.82) is 0 Å². The quantitative estimate of drug-likeness (QED) is 0.397. The molecule has 0 spiro atoms. The molecular weight excluding hydrogens is 484 g/mol. The Labute approximate surface area is 211 Å². The molecule has 1 aliphatic heterocycles. The molecule has 37 heavy (non-hydrogen) atoms. The van der Waals surface area contributed by atoms with Crippen LogP contribution in [0.5, 0.6) is 0 Å². The largest absolute Gasteiger partial charge is 0.449 e. The number of aromatic nitrogens is 2. The molecule has 1 fully saturated rings. The molecule has 1 saturated heterocycles. The van der Waals surface area contributed by atoms with E-state index in [1.165, 1.54) is 26.3 Å². The van der Waals surface area contributed by atoms with Gasteiger partial charge in [0.1, 0.15) is 12.8 Å². The van der Waals surface area contributed by atoms with Gasteiger partial charge in [0.05, 0.1) is 12.2 Å². The topological polar surface area (TPSA) is 124 Å². The third-order valence-electron chi connectivity index (χ3n) is 5.66. The van der Waals surface area contributed by atoms with Gasteiger partial charge in [0, 0.05) is 26.3 Å². The van der Waals surface area contributed by atoms with Crippen molar-refractivity contribution in [2.75, 3.05) is 7.11 Å². The Morgan fingerprint density at radius 1 is 0.919 bits per heavy atom. The van der Waals surface area contributed by atoms with E-state index < -0.39 is 47.9 Å². The second-order valence-electron chi connectivity index (χ2n) is 8.18. The van der Waals surface area contributed by atoms with Gasteiger partial charge in [-0.15, -0.1) is 0 Å². The summed E-state index contributed by atoms with van der Waals surface area (Å²) in [4.78, 5) is 50.2. The Bertz CT molecular complexity index is 1340. The van der Waals surface area contributed by atoms with Crippen LogP contribution in [0.2, 0.25) is 0 Å². The van der Waals surface area contributed by atoms with Crippen molar-refractivity contribution in [2.45, 2.75) is 45.0 Å². The zero-order chi connectivity index (χ0) is 26.4. The van der Waals surface area contributed by atoms with E-state index in [2.05, 4.69) is 0 Å². The van der Waals surface area contributed by atoms with Crippen molar-refractivity contribution >= 4 is 11.9 Å². The van der Waals surface area contributed by atoms with Gasteiger partial charge in [-0.3, -0.25) is 14.2 Å². The van der Waals surface area contributed by atoms with Gasteiger partial charge in [0.25, 0.3) is 5.56 Å². The predicted molar refractivity (Wildman–Crippen MR) is 128 cm³/mol. The van der Waals surface area contributed by atoms with Crippen LogP contribution in [0.4, 0.5) is 0 Å². The van der Waals surface area contributed by atoms with Gasteiger partial charge < -0.3 is 23.7 Å². The summed E-state index contributed by atoms with van der Waals surface area (Å²) in [6.45, 7) is 1.05. The van der Waals surface area contributed by atoms with E-state index >= 15 is 0 Å². The molecule has 0 aliphatic carbocycles. The van der Waals surface area contributed by atoms with Crippen LogP contribution in [0.3, 0.4) is 0 Å². The van der Waals surface area contributed by atoms with E-state index in [1.807, 2.05) is 30.3 Å². The van der Waals surface area contributed by atoms with Crippen molar-refractivity contribution in [1.82, 2.24) is 9.13 Å². The molecule has 194 valence electrons. The fourth-order valence-electron chi connectivity index (χ4n) is 3.90. The van der Waals surface area contributed by atoms with Gasteiger partial charge >= 0.3 is 17.6 Å². The maximum absolute atomic E-state index is 13.3. The molecule has 1 unspecified atom stereocenters. The number of carbonyl (C=O) groups is 2. The molecule has 0 N–H and O–H groups in total. The lowest BCUT2D eigenvalue weighted by Gasteiger charge is -2.23. The van der Waals surface area contributed by atoms with Crippen LogP contribution < -0.4 is 11.2 Å². The summed E-state index contributed by atoms with van der Waals surface area (Å²) >= 11 is 0. The number of esters is 2. The maximum atomic E-state index is 13.3. The Hall–Kier alpha value is -4.06. The molecule has 4 rings (SSSR count). The minimum atomic E-state index is -1.36. The predicted octanol–water partition coefficient (Wildman–Crippen LogP) is 1.84. The van der Waals surface area contributed by atoms with Crippen LogP contribution >= 0.6 is 0 Å². The van der Waals surface area contributed by atoms with E-state index in [4.69, 9.17) is 23.7 Å². The summed E-state index contributed by atoms with van der Waals surface area (Å²) in [6.07, 6.45) is -3.56. The average molecular weight is 510 g/mol. The molecule has 11 nitrogen and oxygen atoms in total. The molecule has 0 radical (unpaired) electrons. The first-order valence-electron chi connectivity index (χ1n) is 11.4. The first-order valence-corrected chi connectivity index (χ1v) is 11.4. The Morgan fingerprint density at radius 3 is 2.24 bits per heavy atom. The SMILES string of the molecule is CO[C@H]1C(OC(=O)c2ccccc2)[C@@H](OC(C)=O)O[C@H]1n1ccc(=O)n(COCc2ccccc2)c1=O. The van der Waals surface area contributed by atoms with E-state index in [0.29, 0.717) is 0 Å². The first kappa shape index (κ1) is 26.0. The average Bonchev–Trinajstić information content (AvgIpc) is 3.22. The van der Waals surface area contributed by atoms with Crippen LogP contribution in [0, 0.1) is 0 Å². The minimum Gasteiger partial charge on any atom is -0.449 e. The summed E-state index contributed by atoms with van der Waals surface area (Å²) < 4.78 is 29.7. The molecule has 0 saturated carbocycles. The molecular formula is C26H26N2O9. The summed E-state index contributed by atoms with van der Waals surface area (Å²) in [5.74, 6) is -1.38. The lowest BCUT2D eigenvalue weighted by atomic mass is 10.2. The normalized spacial score (nSPS) is 20.9. The fraction of sp³-hybridized carbons (Fsp3) is 0.308. The lowest BCUT2D eigenvalue weighted by Crippen LogP contribution is -2.44. The highest BCUT2D eigenvalue weighted by Crippen LogP contribution is 2.33. The van der Waals surface area contributed by atoms with Crippen LogP contribution in [-0.2, 0) is 41.8 Å². The van der Waals surface area contributed by atoms with Gasteiger partial charge in [-0.05, 0) is 17.7 Å². The highest BCUT2D eigenvalue weighted by atomic mass is 16.7. The zero-order valence-corrected chi connectivity index (χ0v) is 20.2. The number of hydrogen-bond donors (Lipinski definition) is 0. The van der Waals surface area contributed by atoms with E-state index in [0.717, 1.165) is 14.7 Å². The van der Waals surface area contributed by atoms with E-state index in [9.17, 15) is 19.2 Å². The number of ether oxygens (including phenoxy) is 5. The molecule has 1 aromatic heterocycles. The lowest BCUT2D eigenvalue weighted by molar-refractivity contribution is -0.191. The number of benzene rings is 2. The molecule has 0 bridgehead atoms. The number of methoxy groups -OCH3 is 1. The van der Waals surface area contributed by atoms with Crippen LogP contribution in [0.1, 0.15) is 29.1 Å². The fourth-order valence-corrected chi connectivity index (χ4v) is 3.90. The molecule has 2 heterocycles. The second-order valence-corrected chi connectivity index (χ2v) is 8.18. The highest BCUT2D eigenvalue weighted by molar-refractivity contribution is 5.89. The second kappa shape index (κ2) is 11.8. The van der Waals surface area contributed by atoms with Gasteiger partial charge in [0.15, 0.2) is 12.3 Å². The number of carbonyl (C=O) groups excluding carboxylic acids is 2. The molecule has 1 aliphatic rings. The highest BCUT2D eigenvalue weighted by Gasteiger charge is 2.51. The van der Waals surface area contributed by atoms with E-state index in [1.54, 1.807) is 30.3 Å². The van der Waals surface area contributed by atoms with Crippen molar-refractivity contribution in [3.8, 4) is 0 Å². The third-order valence-corrected chi connectivity index (χ3v) is 5.66. The van der Waals surface area contributed by atoms with Gasteiger partial charge in [-0.2, -0.15) is 0 Å². The monoisotopic (exact) mass is 510 g/mol. The third kappa shape index (κ3) is 6.02. The summed E-state index contributed by atoms with van der Waals surface area (Å²) in [5, 5.41) is 0. The van der Waals surface area contributed by atoms with Crippen LogP contribution in [-0.4, -0.2) is 46.7 Å². The Kier molecular flexibility index (Phi) is 8.29. The van der Waals surface area contributed by atoms with Crippen LogP contribution in [0.15, 0.2) is 82.5 Å². The Balaban J connectivity index is 1.59. The smallest absolute Gasteiger partial charge is 0.338 e. The standard InChI is InChI=1S/C26H26N2O9/c1-17(29)35-25-22(36-24(31)19-11-7-4-8-12-19)21(33-2)23(37-25)27-14-13-20(30)28(26(27)32)16-34-15-18-9-5-3-6-10-18/h3-14,21-23,25H,15-16H2,1-2H3/t21-,22?,23+,25-/m0/s1. The molecule has 2 aromatic carbocycles. The number of nitrogens with zero attached hydrogens (tertiary/aromatic N) is 2. The van der Waals surface area contributed by atoms with Crippen molar-refractivity contribution in [3.63, 3.8) is 0 Å². The van der Waals surface area contributed by atoms with Crippen molar-refractivity contribution in [2.24, 2.45) is 0 Å². The summed E-state index contributed by atoms with van der Waals surface area (Å²) in [7, 11) is 1.34. The molecule has 0 amide bonds. The molecule has 4 atom stereocenters. The minimum absolute atomic E-state index is 0.189. The Morgan fingerprint density at radius 2 is 1.59 bits per heavy atom.